The second-order valence-electron chi connectivity index (χ2n) is 4.53. The molecule has 118 valence electrons. The van der Waals surface area contributed by atoms with E-state index >= 15 is 0 Å². The maximum atomic E-state index is 12.2. The summed E-state index contributed by atoms with van der Waals surface area (Å²) >= 11 is 0. The quantitative estimate of drug-likeness (QED) is 0.591. The van der Waals surface area contributed by atoms with Gasteiger partial charge in [-0.25, -0.2) is 0 Å². The van der Waals surface area contributed by atoms with Crippen molar-refractivity contribution in [3.8, 4) is 0 Å². The molecule has 1 aliphatic heterocycles. The molecular weight excluding hydrogens is 294 g/mol. The van der Waals surface area contributed by atoms with Crippen LogP contribution >= 0.6 is 0 Å². The number of esters is 1. The Morgan fingerprint density at radius 2 is 1.60 bits per heavy atom. The highest BCUT2D eigenvalue weighted by Crippen LogP contribution is 2.40. The molecule has 9 heteroatoms. The molecule has 1 aliphatic rings. The molecule has 1 saturated heterocycles. The summed E-state index contributed by atoms with van der Waals surface area (Å²) in [5.74, 6) is -6.28. The molecule has 3 nitrogen and oxygen atoms in total. The van der Waals surface area contributed by atoms with E-state index in [0.29, 0.717) is 26.1 Å². The molecule has 0 aromatic carbocycles. The minimum atomic E-state index is -5.70. The van der Waals surface area contributed by atoms with E-state index in [1.807, 2.05) is 0 Å². The van der Waals surface area contributed by atoms with Crippen molar-refractivity contribution < 1.29 is 40.6 Å². The molecule has 1 heterocycles. The van der Waals surface area contributed by atoms with Gasteiger partial charge in [0.25, 0.3) is 0 Å². The van der Waals surface area contributed by atoms with E-state index in [9.17, 15) is 31.1 Å². The highest BCUT2D eigenvalue weighted by Gasteiger charge is 2.62. The molecule has 0 saturated carbocycles. The lowest BCUT2D eigenvalue weighted by atomic mass is 9.97. The molecule has 0 bridgehead atoms. The van der Waals surface area contributed by atoms with Crippen molar-refractivity contribution in [2.75, 3.05) is 19.8 Å². The second kappa shape index (κ2) is 6.64. The summed E-state index contributed by atoms with van der Waals surface area (Å²) < 4.78 is 82.5. The second-order valence-corrected chi connectivity index (χ2v) is 4.53. The first kappa shape index (κ1) is 17.1. The number of hydrogen-bond acceptors (Lipinski definition) is 3. The highest BCUT2D eigenvalue weighted by molar-refractivity contribution is 5.74. The molecule has 0 aliphatic carbocycles. The van der Waals surface area contributed by atoms with Gasteiger partial charge in [-0.2, -0.15) is 26.3 Å². The normalized spacial score (nSPS) is 18.4. The molecule has 1 rings (SSSR count). The van der Waals surface area contributed by atoms with Crippen LogP contribution in [-0.4, -0.2) is 38.1 Å². The van der Waals surface area contributed by atoms with Gasteiger partial charge in [0.15, 0.2) is 0 Å². The molecule has 0 N–H and O–H groups in total. The van der Waals surface area contributed by atoms with Gasteiger partial charge in [-0.15, -0.1) is 0 Å². The van der Waals surface area contributed by atoms with Crippen molar-refractivity contribution >= 4 is 5.97 Å². The number of carbonyl (C=O) groups excluding carboxylic acids is 1. The Morgan fingerprint density at radius 3 is 2.05 bits per heavy atom. The lowest BCUT2D eigenvalue weighted by Gasteiger charge is -2.23. The standard InChI is InChI=1S/C11H14F6O3/c12-10(13,14)8(11(15,16)17)9(18)20-6-3-7-1-4-19-5-2-7/h7-8H,1-6H2. The van der Waals surface area contributed by atoms with Crippen LogP contribution in [0.1, 0.15) is 19.3 Å². The van der Waals surface area contributed by atoms with Crippen LogP contribution in [0.4, 0.5) is 26.3 Å². The number of ether oxygens (including phenoxy) is 2. The fourth-order valence-corrected chi connectivity index (χ4v) is 1.90. The van der Waals surface area contributed by atoms with Crippen molar-refractivity contribution in [1.82, 2.24) is 0 Å². The van der Waals surface area contributed by atoms with E-state index in [1.54, 1.807) is 0 Å². The fourth-order valence-electron chi connectivity index (χ4n) is 1.90. The van der Waals surface area contributed by atoms with Crippen LogP contribution in [0, 0.1) is 11.8 Å². The third-order valence-electron chi connectivity index (χ3n) is 3.00. The third kappa shape index (κ3) is 5.18. The zero-order valence-corrected chi connectivity index (χ0v) is 10.4. The smallest absolute Gasteiger partial charge is 0.411 e. The van der Waals surface area contributed by atoms with Crippen LogP contribution in [0.5, 0.6) is 0 Å². The number of halogens is 6. The van der Waals surface area contributed by atoms with Crippen LogP contribution in [0.15, 0.2) is 0 Å². The van der Waals surface area contributed by atoms with Gasteiger partial charge in [0, 0.05) is 13.2 Å². The Bertz CT molecular complexity index is 305. The minimum Gasteiger partial charge on any atom is -0.465 e. The van der Waals surface area contributed by atoms with Gasteiger partial charge in [0.2, 0.25) is 5.92 Å². The van der Waals surface area contributed by atoms with E-state index in [1.165, 1.54) is 0 Å². The van der Waals surface area contributed by atoms with Crippen molar-refractivity contribution in [2.45, 2.75) is 31.6 Å². The lowest BCUT2D eigenvalue weighted by molar-refractivity contribution is -0.281. The van der Waals surface area contributed by atoms with Gasteiger partial charge in [0.05, 0.1) is 6.61 Å². The Morgan fingerprint density at radius 1 is 1.10 bits per heavy atom. The monoisotopic (exact) mass is 308 g/mol. The predicted molar refractivity (Wildman–Crippen MR) is 54.7 cm³/mol. The van der Waals surface area contributed by atoms with Crippen LogP contribution in [0.2, 0.25) is 0 Å². The molecule has 1 fully saturated rings. The summed E-state index contributed by atoms with van der Waals surface area (Å²) in [5, 5.41) is 0. The van der Waals surface area contributed by atoms with Gasteiger partial charge in [-0.1, -0.05) is 0 Å². The van der Waals surface area contributed by atoms with Crippen LogP contribution in [-0.2, 0) is 14.3 Å². The lowest BCUT2D eigenvalue weighted by Crippen LogP contribution is -2.43. The van der Waals surface area contributed by atoms with Crippen molar-refractivity contribution in [1.29, 1.82) is 0 Å². The molecule has 0 aromatic heterocycles. The number of hydrogen-bond donors (Lipinski definition) is 0. The first-order valence-electron chi connectivity index (χ1n) is 6.00. The number of rotatable bonds is 4. The first-order valence-corrected chi connectivity index (χ1v) is 6.00. The average Bonchev–Trinajstić information content (AvgIpc) is 2.26. The summed E-state index contributed by atoms with van der Waals surface area (Å²) in [7, 11) is 0. The molecule has 0 radical (unpaired) electrons. The number of carbonyl (C=O) groups is 1. The van der Waals surface area contributed by atoms with Gasteiger partial charge in [0.1, 0.15) is 0 Å². The largest absolute Gasteiger partial charge is 0.465 e. The van der Waals surface area contributed by atoms with Gasteiger partial charge < -0.3 is 9.47 Å². The molecule has 0 unspecified atom stereocenters. The highest BCUT2D eigenvalue weighted by atomic mass is 19.4. The van der Waals surface area contributed by atoms with Crippen molar-refractivity contribution in [2.24, 2.45) is 11.8 Å². The Hall–Kier alpha value is -0.990. The fraction of sp³-hybridized carbons (Fsp3) is 0.909. The summed E-state index contributed by atoms with van der Waals surface area (Å²) in [4.78, 5) is 11.0. The summed E-state index contributed by atoms with van der Waals surface area (Å²) in [6.07, 6.45) is -9.86. The van der Waals surface area contributed by atoms with Crippen LogP contribution in [0.25, 0.3) is 0 Å². The van der Waals surface area contributed by atoms with Crippen LogP contribution < -0.4 is 0 Å². The SMILES string of the molecule is O=C(OCCC1CCOCC1)C(C(F)(F)F)C(F)(F)F. The molecule has 0 atom stereocenters. The van der Waals surface area contributed by atoms with E-state index in [-0.39, 0.29) is 12.3 Å². The van der Waals surface area contributed by atoms with E-state index < -0.39 is 30.8 Å². The minimum absolute atomic E-state index is 0.0896. The zero-order chi connectivity index (χ0) is 15.4. The number of alkyl halides is 6. The average molecular weight is 308 g/mol. The van der Waals surface area contributed by atoms with E-state index in [0.717, 1.165) is 0 Å². The topological polar surface area (TPSA) is 35.5 Å². The maximum Gasteiger partial charge on any atom is 0.411 e. The van der Waals surface area contributed by atoms with Gasteiger partial charge in [-0.05, 0) is 25.2 Å². The summed E-state index contributed by atoms with van der Waals surface area (Å²) in [5.41, 5.74) is 0. The summed E-state index contributed by atoms with van der Waals surface area (Å²) in [6, 6.07) is 0. The Kier molecular flexibility index (Phi) is 5.67. The summed E-state index contributed by atoms with van der Waals surface area (Å²) in [6.45, 7) is 0.533. The molecular formula is C11H14F6O3. The Balaban J connectivity index is 2.46. The maximum absolute atomic E-state index is 12.2. The van der Waals surface area contributed by atoms with Crippen molar-refractivity contribution in [3.63, 3.8) is 0 Å². The molecule has 20 heavy (non-hydrogen) atoms. The van der Waals surface area contributed by atoms with Gasteiger partial charge in [-0.3, -0.25) is 4.79 Å². The molecule has 0 aromatic rings. The molecule has 0 amide bonds. The zero-order valence-electron chi connectivity index (χ0n) is 10.4. The third-order valence-corrected chi connectivity index (χ3v) is 3.00. The first-order chi connectivity index (χ1) is 9.12. The van der Waals surface area contributed by atoms with Crippen molar-refractivity contribution in [3.05, 3.63) is 0 Å². The Labute approximate surface area is 111 Å². The van der Waals surface area contributed by atoms with E-state index in [4.69, 9.17) is 4.74 Å². The van der Waals surface area contributed by atoms with Crippen LogP contribution in [0.3, 0.4) is 0 Å². The predicted octanol–water partition coefficient (Wildman–Crippen LogP) is 3.09. The molecule has 0 spiro atoms. The van der Waals surface area contributed by atoms with E-state index in [2.05, 4.69) is 4.74 Å². The van der Waals surface area contributed by atoms with Gasteiger partial charge >= 0.3 is 18.3 Å².